The number of hydrogen-bond donors (Lipinski definition) is 3. The summed E-state index contributed by atoms with van der Waals surface area (Å²) in [4.78, 5) is 30.0. The summed E-state index contributed by atoms with van der Waals surface area (Å²) in [6, 6.07) is 15.9. The molecule has 1 fully saturated rings. The zero-order valence-corrected chi connectivity index (χ0v) is 22.1. The largest absolute Gasteiger partial charge is 0.481 e. The van der Waals surface area contributed by atoms with E-state index in [9.17, 15) is 9.90 Å². The Balaban J connectivity index is 1.39. The number of fused-ring (bicyclic) bond motifs is 2. The van der Waals surface area contributed by atoms with Crippen LogP contribution in [0.2, 0.25) is 0 Å². The molecule has 0 radical (unpaired) electrons. The number of nitrogen functional groups attached to an aromatic ring is 1. The van der Waals surface area contributed by atoms with Gasteiger partial charge in [-0.05, 0) is 60.0 Å². The van der Waals surface area contributed by atoms with Crippen molar-refractivity contribution in [3.05, 3.63) is 94.3 Å². The second kappa shape index (κ2) is 9.53. The summed E-state index contributed by atoms with van der Waals surface area (Å²) in [5.74, 6) is 0.357. The van der Waals surface area contributed by atoms with E-state index in [-0.39, 0.29) is 11.3 Å². The Morgan fingerprint density at radius 2 is 2.00 bits per heavy atom. The summed E-state index contributed by atoms with van der Waals surface area (Å²) in [6.45, 7) is -0.399. The number of ether oxygens (including phenoxy) is 1. The standard InChI is InChI=1S/C31H25FN6O3/c1-41-26-8-7-18(14-34-26)24-13-21-28(36-31(33)37-29(21)35-24)20-3-2-4-25(22(20)15-39)38-10-9-17-11-19(16-5-6-16)12-23(32)27(17)30(38)40/h2-4,7-14,16,39H,5-6,15H2,1H3,(H3,33,35,36,37). The zero-order chi connectivity index (χ0) is 28.2. The first kappa shape index (κ1) is 24.9. The molecule has 0 spiro atoms. The Morgan fingerprint density at radius 1 is 1.15 bits per heavy atom. The van der Waals surface area contributed by atoms with Crippen LogP contribution in [0.15, 0.2) is 71.8 Å². The number of methoxy groups -OCH3 is 1. The molecule has 0 atom stereocenters. The fraction of sp³-hybridized carbons (Fsp3) is 0.161. The van der Waals surface area contributed by atoms with Crippen LogP contribution in [0, 0.1) is 5.82 Å². The van der Waals surface area contributed by atoms with E-state index in [1.807, 2.05) is 18.2 Å². The van der Waals surface area contributed by atoms with Gasteiger partial charge in [-0.3, -0.25) is 9.36 Å². The fourth-order valence-corrected chi connectivity index (χ4v) is 5.43. The van der Waals surface area contributed by atoms with Crippen molar-refractivity contribution >= 4 is 27.8 Å². The minimum absolute atomic E-state index is 0.0169. The third kappa shape index (κ3) is 4.20. The van der Waals surface area contributed by atoms with Crippen LogP contribution in [-0.4, -0.2) is 36.7 Å². The van der Waals surface area contributed by atoms with Gasteiger partial charge in [0.25, 0.3) is 5.56 Å². The first-order valence-corrected chi connectivity index (χ1v) is 13.2. The maximum atomic E-state index is 15.2. The number of hydrogen-bond acceptors (Lipinski definition) is 7. The van der Waals surface area contributed by atoms with Crippen LogP contribution in [-0.2, 0) is 6.61 Å². The summed E-state index contributed by atoms with van der Waals surface area (Å²) >= 11 is 0. The molecule has 1 saturated carbocycles. The lowest BCUT2D eigenvalue weighted by atomic mass is 10.00. The number of nitrogens with zero attached hydrogens (tertiary/aromatic N) is 4. The minimum atomic E-state index is -0.538. The summed E-state index contributed by atoms with van der Waals surface area (Å²) in [5.41, 5.74) is 10.5. The first-order valence-electron chi connectivity index (χ1n) is 13.2. The number of pyridine rings is 2. The van der Waals surface area contributed by atoms with Gasteiger partial charge in [0.15, 0.2) is 0 Å². The van der Waals surface area contributed by atoms with E-state index < -0.39 is 18.0 Å². The number of aliphatic hydroxyl groups is 1. The highest BCUT2D eigenvalue weighted by molar-refractivity contribution is 5.96. The number of H-pyrrole nitrogens is 1. The number of aromatic nitrogens is 5. The highest BCUT2D eigenvalue weighted by Gasteiger charge is 2.25. The van der Waals surface area contributed by atoms with Gasteiger partial charge in [0, 0.05) is 46.2 Å². The van der Waals surface area contributed by atoms with E-state index in [4.69, 9.17) is 10.5 Å². The Bertz CT molecular complexity index is 2030. The molecule has 0 saturated heterocycles. The van der Waals surface area contributed by atoms with Crippen LogP contribution >= 0.6 is 0 Å². The van der Waals surface area contributed by atoms with E-state index in [1.54, 1.807) is 49.8 Å². The molecule has 1 aliphatic carbocycles. The van der Waals surface area contributed by atoms with Crippen molar-refractivity contribution in [2.75, 3.05) is 12.8 Å². The van der Waals surface area contributed by atoms with Crippen LogP contribution in [0.4, 0.5) is 10.3 Å². The maximum Gasteiger partial charge on any atom is 0.265 e. The summed E-state index contributed by atoms with van der Waals surface area (Å²) in [7, 11) is 1.55. The molecular formula is C31H25FN6O3. The second-order valence-corrected chi connectivity index (χ2v) is 10.2. The van der Waals surface area contributed by atoms with Crippen molar-refractivity contribution in [2.45, 2.75) is 25.4 Å². The van der Waals surface area contributed by atoms with Crippen LogP contribution < -0.4 is 16.0 Å². The lowest BCUT2D eigenvalue weighted by Gasteiger charge is -2.16. The van der Waals surface area contributed by atoms with Crippen molar-refractivity contribution < 1.29 is 14.2 Å². The molecule has 0 aliphatic heterocycles. The maximum absolute atomic E-state index is 15.2. The average molecular weight is 549 g/mol. The van der Waals surface area contributed by atoms with Gasteiger partial charge in [-0.15, -0.1) is 0 Å². The molecule has 0 amide bonds. The van der Waals surface area contributed by atoms with Gasteiger partial charge in [0.05, 0.1) is 30.5 Å². The number of nitrogens with one attached hydrogen (secondary N) is 1. The molecule has 1 aliphatic rings. The van der Waals surface area contributed by atoms with E-state index in [2.05, 4.69) is 19.9 Å². The fourth-order valence-electron chi connectivity index (χ4n) is 5.43. The quantitative estimate of drug-likeness (QED) is 0.264. The van der Waals surface area contributed by atoms with E-state index in [1.165, 1.54) is 10.6 Å². The summed E-state index contributed by atoms with van der Waals surface area (Å²) < 4.78 is 21.7. The van der Waals surface area contributed by atoms with Crippen molar-refractivity contribution in [1.29, 1.82) is 0 Å². The SMILES string of the molecule is COc1ccc(-c2cc3c(-c4cccc(-n5ccc6cc(C7CC7)cc(F)c6c5=O)c4CO)nc(N)nc3[nH]2)cn1. The van der Waals surface area contributed by atoms with Gasteiger partial charge >= 0.3 is 0 Å². The van der Waals surface area contributed by atoms with Gasteiger partial charge in [-0.1, -0.05) is 18.2 Å². The lowest BCUT2D eigenvalue weighted by molar-refractivity contribution is 0.282. The third-order valence-electron chi connectivity index (χ3n) is 7.61. The summed E-state index contributed by atoms with van der Waals surface area (Å²) in [6.07, 6.45) is 5.37. The Hall–Kier alpha value is -5.09. The molecular weight excluding hydrogens is 523 g/mol. The molecule has 204 valence electrons. The molecule has 4 heterocycles. The van der Waals surface area contributed by atoms with Crippen LogP contribution in [0.1, 0.15) is 29.9 Å². The number of benzene rings is 2. The second-order valence-electron chi connectivity index (χ2n) is 10.2. The molecule has 10 heteroatoms. The predicted octanol–water partition coefficient (Wildman–Crippen LogP) is 5.09. The molecule has 0 bridgehead atoms. The first-order chi connectivity index (χ1) is 19.9. The number of rotatable bonds is 6. The van der Waals surface area contributed by atoms with Crippen molar-refractivity contribution in [2.24, 2.45) is 0 Å². The normalized spacial score (nSPS) is 13.2. The van der Waals surface area contributed by atoms with Crippen molar-refractivity contribution in [1.82, 2.24) is 24.5 Å². The minimum Gasteiger partial charge on any atom is -0.481 e. The number of halogens is 1. The van der Waals surface area contributed by atoms with Gasteiger partial charge in [0.1, 0.15) is 11.5 Å². The average Bonchev–Trinajstić information content (AvgIpc) is 3.75. The monoisotopic (exact) mass is 548 g/mol. The van der Waals surface area contributed by atoms with E-state index in [0.717, 1.165) is 29.7 Å². The Labute approximate surface area is 233 Å². The zero-order valence-electron chi connectivity index (χ0n) is 22.1. The molecule has 0 unspecified atom stereocenters. The van der Waals surface area contributed by atoms with Crippen LogP contribution in [0.5, 0.6) is 5.88 Å². The van der Waals surface area contributed by atoms with Crippen LogP contribution in [0.3, 0.4) is 0 Å². The highest BCUT2D eigenvalue weighted by atomic mass is 19.1. The molecule has 7 rings (SSSR count). The molecule has 9 nitrogen and oxygen atoms in total. The third-order valence-corrected chi connectivity index (χ3v) is 7.61. The number of aromatic amines is 1. The predicted molar refractivity (Wildman–Crippen MR) is 154 cm³/mol. The molecule has 6 aromatic rings. The van der Waals surface area contributed by atoms with Crippen molar-refractivity contribution in [3.63, 3.8) is 0 Å². The lowest BCUT2D eigenvalue weighted by Crippen LogP contribution is -2.20. The smallest absolute Gasteiger partial charge is 0.265 e. The molecule has 41 heavy (non-hydrogen) atoms. The topological polar surface area (TPSA) is 132 Å². The van der Waals surface area contributed by atoms with E-state index >= 15 is 4.39 Å². The Morgan fingerprint density at radius 3 is 2.73 bits per heavy atom. The van der Waals surface area contributed by atoms with E-state index in [0.29, 0.717) is 50.7 Å². The number of aliphatic hydroxyl groups excluding tert-OH is 1. The Kier molecular flexibility index (Phi) is 5.79. The summed E-state index contributed by atoms with van der Waals surface area (Å²) in [5, 5.41) is 11.8. The number of anilines is 1. The molecule has 2 aromatic carbocycles. The molecule has 4 N–H and O–H groups in total. The number of nitrogens with two attached hydrogens (primary N) is 1. The van der Waals surface area contributed by atoms with Crippen molar-refractivity contribution in [3.8, 4) is 34.1 Å². The van der Waals surface area contributed by atoms with Crippen LogP contribution in [0.25, 0.3) is 50.0 Å². The van der Waals surface area contributed by atoms with Gasteiger partial charge in [-0.2, -0.15) is 4.98 Å². The van der Waals surface area contributed by atoms with Gasteiger partial charge in [0.2, 0.25) is 11.8 Å². The van der Waals surface area contributed by atoms with Gasteiger partial charge in [-0.25, -0.2) is 14.4 Å². The highest BCUT2D eigenvalue weighted by Crippen LogP contribution is 2.41. The molecule has 4 aromatic heterocycles. The van der Waals surface area contributed by atoms with Gasteiger partial charge < -0.3 is 20.6 Å².